The van der Waals surface area contributed by atoms with Gasteiger partial charge in [0.2, 0.25) is 0 Å². The normalized spacial score (nSPS) is 32.8. The van der Waals surface area contributed by atoms with E-state index in [2.05, 4.69) is 15.6 Å². The van der Waals surface area contributed by atoms with E-state index in [1.165, 1.54) is 6.42 Å². The van der Waals surface area contributed by atoms with Crippen molar-refractivity contribution >= 4 is 23.6 Å². The molecule has 1 heterocycles. The first kappa shape index (κ1) is 19.5. The van der Waals surface area contributed by atoms with Gasteiger partial charge in [0, 0.05) is 22.7 Å². The molecule has 28 heavy (non-hydrogen) atoms. The van der Waals surface area contributed by atoms with Crippen molar-refractivity contribution in [2.24, 2.45) is 11.8 Å². The Balaban J connectivity index is 1.48. The summed E-state index contributed by atoms with van der Waals surface area (Å²) in [6.45, 7) is 2.22. The number of amides is 2. The summed E-state index contributed by atoms with van der Waals surface area (Å²) in [5, 5.41) is 6.47. The molecule has 152 valence electrons. The number of carbonyl (C=O) groups is 2. The maximum absolute atomic E-state index is 12.9. The lowest BCUT2D eigenvalue weighted by Gasteiger charge is -2.62. The summed E-state index contributed by atoms with van der Waals surface area (Å²) in [4.78, 5) is 29.6. The molecule has 4 aliphatic carbocycles. The highest BCUT2D eigenvalue weighted by atomic mass is 35.5. The molecular weight excluding hydrogens is 378 g/mol. The number of aryl methyl sites for hydroxylation is 1. The monoisotopic (exact) mass is 405 g/mol. The maximum Gasteiger partial charge on any atom is 0.407 e. The van der Waals surface area contributed by atoms with Crippen LogP contribution in [0.2, 0.25) is 0 Å². The molecule has 0 spiro atoms. The molecule has 0 saturated heterocycles. The van der Waals surface area contributed by atoms with E-state index in [-0.39, 0.29) is 23.1 Å². The minimum atomic E-state index is -0.367. The molecule has 6 nitrogen and oxygen atoms in total. The third-order valence-electron chi connectivity index (χ3n) is 6.44. The summed E-state index contributed by atoms with van der Waals surface area (Å²) >= 11 is 5.65. The minimum absolute atomic E-state index is 0.120. The Kier molecular flexibility index (Phi) is 5.25. The van der Waals surface area contributed by atoms with Crippen LogP contribution in [0.3, 0.4) is 0 Å². The smallest absolute Gasteiger partial charge is 0.407 e. The molecule has 2 atom stereocenters. The van der Waals surface area contributed by atoms with Gasteiger partial charge in [-0.25, -0.2) is 9.78 Å². The highest BCUT2D eigenvalue weighted by Gasteiger charge is 2.59. The molecule has 2 amide bonds. The molecule has 2 unspecified atom stereocenters. The van der Waals surface area contributed by atoms with Gasteiger partial charge in [-0.1, -0.05) is 6.07 Å². The van der Waals surface area contributed by atoms with Crippen LogP contribution in [0.25, 0.3) is 0 Å². The number of ether oxygens (including phenoxy) is 1. The molecule has 4 aliphatic rings. The lowest BCUT2D eigenvalue weighted by atomic mass is 9.50. The van der Waals surface area contributed by atoms with Crippen molar-refractivity contribution < 1.29 is 14.3 Å². The van der Waals surface area contributed by atoms with Crippen molar-refractivity contribution in [2.45, 2.75) is 62.9 Å². The van der Waals surface area contributed by atoms with Gasteiger partial charge in [-0.2, -0.15) is 0 Å². The largest absolute Gasteiger partial charge is 0.450 e. The van der Waals surface area contributed by atoms with Gasteiger partial charge < -0.3 is 15.4 Å². The lowest BCUT2D eigenvalue weighted by Crippen LogP contribution is -2.70. The Morgan fingerprint density at radius 3 is 2.50 bits per heavy atom. The van der Waals surface area contributed by atoms with Crippen LogP contribution in [0.5, 0.6) is 0 Å². The van der Waals surface area contributed by atoms with Gasteiger partial charge in [0.05, 0.1) is 6.61 Å². The standard InChI is InChI=1S/C21H28ClN3O3/c1-14-4-2-5-17(23-14)18(26)24-20-9-15-8-16(10-20)12-21(11-15,13-20)25-19(27)28-7-3-6-22/h2,4-5,15-16H,3,6-13H2,1H3,(H,24,26)(H,25,27). The zero-order valence-electron chi connectivity index (χ0n) is 16.3. The van der Waals surface area contributed by atoms with Crippen molar-refractivity contribution in [1.29, 1.82) is 0 Å². The molecule has 4 fully saturated rings. The van der Waals surface area contributed by atoms with E-state index in [4.69, 9.17) is 16.3 Å². The van der Waals surface area contributed by atoms with E-state index in [0.29, 0.717) is 36.4 Å². The van der Waals surface area contributed by atoms with Crippen LogP contribution in [0.15, 0.2) is 18.2 Å². The minimum Gasteiger partial charge on any atom is -0.450 e. The maximum atomic E-state index is 12.9. The Labute approximate surface area is 170 Å². The van der Waals surface area contributed by atoms with E-state index in [1.54, 1.807) is 6.07 Å². The van der Waals surface area contributed by atoms with Crippen molar-refractivity contribution in [2.75, 3.05) is 12.5 Å². The SMILES string of the molecule is Cc1cccc(C(=O)NC23CC4CC(CC(NC(=O)OCCCCl)(C4)C2)C3)n1. The first-order chi connectivity index (χ1) is 13.4. The Hall–Kier alpha value is -1.82. The van der Waals surface area contributed by atoms with Crippen LogP contribution in [-0.4, -0.2) is 40.5 Å². The molecule has 0 aliphatic heterocycles. The number of nitrogens with zero attached hydrogens (tertiary/aromatic N) is 1. The van der Waals surface area contributed by atoms with E-state index in [9.17, 15) is 9.59 Å². The van der Waals surface area contributed by atoms with E-state index in [1.807, 2.05) is 19.1 Å². The Morgan fingerprint density at radius 2 is 1.86 bits per heavy atom. The number of pyridine rings is 1. The average Bonchev–Trinajstić information content (AvgIpc) is 2.60. The predicted octanol–water partition coefficient (Wildman–Crippen LogP) is 3.57. The van der Waals surface area contributed by atoms with Gasteiger partial charge in [-0.3, -0.25) is 4.79 Å². The number of alkyl halides is 1. The van der Waals surface area contributed by atoms with E-state index < -0.39 is 0 Å². The van der Waals surface area contributed by atoms with Gasteiger partial charge >= 0.3 is 6.09 Å². The molecule has 4 bridgehead atoms. The molecule has 1 aromatic rings. The number of alkyl carbamates (subject to hydrolysis) is 1. The Morgan fingerprint density at radius 1 is 1.18 bits per heavy atom. The van der Waals surface area contributed by atoms with Crippen molar-refractivity contribution in [3.63, 3.8) is 0 Å². The number of rotatable bonds is 6. The summed E-state index contributed by atoms with van der Waals surface area (Å²) in [6.07, 6.45) is 6.12. The summed E-state index contributed by atoms with van der Waals surface area (Å²) < 4.78 is 5.29. The van der Waals surface area contributed by atoms with Gasteiger partial charge in [0.15, 0.2) is 0 Å². The zero-order valence-corrected chi connectivity index (χ0v) is 17.1. The lowest BCUT2D eigenvalue weighted by molar-refractivity contribution is -0.0468. The predicted molar refractivity (Wildman–Crippen MR) is 106 cm³/mol. The van der Waals surface area contributed by atoms with Crippen molar-refractivity contribution in [3.8, 4) is 0 Å². The third kappa shape index (κ3) is 3.97. The van der Waals surface area contributed by atoms with Crippen molar-refractivity contribution in [1.82, 2.24) is 15.6 Å². The van der Waals surface area contributed by atoms with Crippen LogP contribution in [0.4, 0.5) is 4.79 Å². The van der Waals surface area contributed by atoms with Crippen LogP contribution >= 0.6 is 11.6 Å². The molecule has 1 aromatic heterocycles. The van der Waals surface area contributed by atoms with Crippen LogP contribution in [-0.2, 0) is 4.74 Å². The van der Waals surface area contributed by atoms with Crippen molar-refractivity contribution in [3.05, 3.63) is 29.6 Å². The second-order valence-electron chi connectivity index (χ2n) is 8.94. The first-order valence-corrected chi connectivity index (χ1v) is 10.7. The summed E-state index contributed by atoms with van der Waals surface area (Å²) in [7, 11) is 0. The van der Waals surface area contributed by atoms with Crippen LogP contribution < -0.4 is 10.6 Å². The van der Waals surface area contributed by atoms with Crippen LogP contribution in [0, 0.1) is 18.8 Å². The number of halogens is 1. The Bertz CT molecular complexity index is 755. The molecule has 0 radical (unpaired) electrons. The van der Waals surface area contributed by atoms with Crippen LogP contribution in [0.1, 0.15) is 61.1 Å². The summed E-state index contributed by atoms with van der Waals surface area (Å²) in [5.41, 5.74) is 0.736. The second kappa shape index (κ2) is 7.54. The van der Waals surface area contributed by atoms with Gasteiger partial charge in [-0.05, 0) is 75.8 Å². The van der Waals surface area contributed by atoms with E-state index >= 15 is 0 Å². The fourth-order valence-corrected chi connectivity index (χ4v) is 6.11. The summed E-state index contributed by atoms with van der Waals surface area (Å²) in [5.74, 6) is 1.40. The van der Waals surface area contributed by atoms with Gasteiger partial charge in [0.25, 0.3) is 5.91 Å². The second-order valence-corrected chi connectivity index (χ2v) is 9.32. The van der Waals surface area contributed by atoms with E-state index in [0.717, 1.165) is 37.8 Å². The molecule has 7 heteroatoms. The number of carbonyl (C=O) groups excluding carboxylic acids is 2. The third-order valence-corrected chi connectivity index (χ3v) is 6.71. The highest BCUT2D eigenvalue weighted by Crippen LogP contribution is 2.57. The number of hydrogen-bond donors (Lipinski definition) is 2. The zero-order chi connectivity index (χ0) is 19.8. The number of aromatic nitrogens is 1. The fourth-order valence-electron chi connectivity index (χ4n) is 6.00. The molecule has 2 N–H and O–H groups in total. The molecular formula is C21H28ClN3O3. The first-order valence-electron chi connectivity index (χ1n) is 10.2. The molecule has 4 saturated carbocycles. The summed E-state index contributed by atoms with van der Waals surface area (Å²) in [6, 6.07) is 5.50. The highest BCUT2D eigenvalue weighted by molar-refractivity contribution is 6.17. The molecule has 5 rings (SSSR count). The number of hydrogen-bond acceptors (Lipinski definition) is 4. The number of nitrogens with one attached hydrogen (secondary N) is 2. The molecule has 0 aromatic carbocycles. The fraction of sp³-hybridized carbons (Fsp3) is 0.667. The quantitative estimate of drug-likeness (QED) is 0.560. The topological polar surface area (TPSA) is 80.3 Å². The average molecular weight is 406 g/mol. The van der Waals surface area contributed by atoms with Gasteiger partial charge in [-0.15, -0.1) is 11.6 Å². The van der Waals surface area contributed by atoms with Gasteiger partial charge in [0.1, 0.15) is 5.69 Å².